The first-order chi connectivity index (χ1) is 6.63. The van der Waals surface area contributed by atoms with Crippen LogP contribution in [-0.2, 0) is 4.79 Å². The third-order valence-corrected chi connectivity index (χ3v) is 3.40. The summed E-state index contributed by atoms with van der Waals surface area (Å²) in [5, 5.41) is 8.57. The summed E-state index contributed by atoms with van der Waals surface area (Å²) in [6.45, 7) is 7.43. The van der Waals surface area contributed by atoms with Crippen molar-refractivity contribution < 1.29 is 9.90 Å². The van der Waals surface area contributed by atoms with Crippen LogP contribution in [0.15, 0.2) is 0 Å². The zero-order valence-electron chi connectivity index (χ0n) is 9.20. The smallest absolute Gasteiger partial charge is 0.304 e. The molecule has 1 fully saturated rings. The SMILES string of the molecule is CCC(C)C1CCN(CCC(=O)O)C1. The minimum atomic E-state index is -0.683. The fraction of sp³-hybridized carbons (Fsp3) is 0.909. The van der Waals surface area contributed by atoms with Gasteiger partial charge in [-0.2, -0.15) is 0 Å². The molecule has 0 aromatic heterocycles. The first-order valence-electron chi connectivity index (χ1n) is 5.57. The van der Waals surface area contributed by atoms with Crippen molar-refractivity contribution in [3.63, 3.8) is 0 Å². The molecule has 1 saturated heterocycles. The maximum Gasteiger partial charge on any atom is 0.304 e. The standard InChI is InChI=1S/C11H21NO2/c1-3-9(2)10-4-6-12(8-10)7-5-11(13)14/h9-10H,3-8H2,1-2H3,(H,13,14). The van der Waals surface area contributed by atoms with Gasteiger partial charge in [0.15, 0.2) is 0 Å². The summed E-state index contributed by atoms with van der Waals surface area (Å²) < 4.78 is 0. The minimum absolute atomic E-state index is 0.285. The Labute approximate surface area is 86.1 Å². The monoisotopic (exact) mass is 199 g/mol. The molecule has 82 valence electrons. The lowest BCUT2D eigenvalue weighted by Gasteiger charge is -2.18. The van der Waals surface area contributed by atoms with Crippen LogP contribution >= 0.6 is 0 Å². The molecular formula is C11H21NO2. The normalized spacial score (nSPS) is 25.1. The third-order valence-electron chi connectivity index (χ3n) is 3.40. The Kier molecular flexibility index (Phi) is 4.39. The van der Waals surface area contributed by atoms with Crippen LogP contribution in [0.2, 0.25) is 0 Å². The Morgan fingerprint density at radius 1 is 1.64 bits per heavy atom. The van der Waals surface area contributed by atoms with Gasteiger partial charge in [0.25, 0.3) is 0 Å². The highest BCUT2D eigenvalue weighted by Gasteiger charge is 2.25. The molecular weight excluding hydrogens is 178 g/mol. The van der Waals surface area contributed by atoms with Gasteiger partial charge in [0.2, 0.25) is 0 Å². The maximum absolute atomic E-state index is 10.4. The van der Waals surface area contributed by atoms with E-state index in [4.69, 9.17) is 5.11 Å². The molecule has 2 atom stereocenters. The van der Waals surface area contributed by atoms with Gasteiger partial charge in [-0.25, -0.2) is 0 Å². The highest BCUT2D eigenvalue weighted by Crippen LogP contribution is 2.25. The van der Waals surface area contributed by atoms with Crippen LogP contribution in [-0.4, -0.2) is 35.6 Å². The Balaban J connectivity index is 2.23. The fourth-order valence-corrected chi connectivity index (χ4v) is 2.12. The van der Waals surface area contributed by atoms with Crippen molar-refractivity contribution in [3.05, 3.63) is 0 Å². The van der Waals surface area contributed by atoms with E-state index in [-0.39, 0.29) is 6.42 Å². The number of carboxylic acid groups (broad SMARTS) is 1. The number of aliphatic carboxylic acids is 1. The predicted molar refractivity (Wildman–Crippen MR) is 56.3 cm³/mol. The van der Waals surface area contributed by atoms with E-state index in [1.165, 1.54) is 12.8 Å². The van der Waals surface area contributed by atoms with Crippen molar-refractivity contribution in [1.29, 1.82) is 0 Å². The van der Waals surface area contributed by atoms with E-state index in [2.05, 4.69) is 18.7 Å². The van der Waals surface area contributed by atoms with E-state index in [0.717, 1.165) is 31.5 Å². The van der Waals surface area contributed by atoms with Crippen molar-refractivity contribution in [2.45, 2.75) is 33.1 Å². The first-order valence-corrected chi connectivity index (χ1v) is 5.57. The molecule has 1 N–H and O–H groups in total. The van der Waals surface area contributed by atoms with Gasteiger partial charge in [-0.05, 0) is 24.8 Å². The van der Waals surface area contributed by atoms with Crippen LogP contribution in [0.25, 0.3) is 0 Å². The topological polar surface area (TPSA) is 40.5 Å². The maximum atomic E-state index is 10.4. The van der Waals surface area contributed by atoms with Crippen molar-refractivity contribution in [3.8, 4) is 0 Å². The average Bonchev–Trinajstić information content (AvgIpc) is 2.62. The van der Waals surface area contributed by atoms with Crippen LogP contribution in [0.4, 0.5) is 0 Å². The molecule has 0 saturated carbocycles. The molecule has 0 spiro atoms. The molecule has 2 unspecified atom stereocenters. The summed E-state index contributed by atoms with van der Waals surface area (Å²) in [4.78, 5) is 12.7. The highest BCUT2D eigenvalue weighted by atomic mass is 16.4. The largest absolute Gasteiger partial charge is 0.481 e. The lowest BCUT2D eigenvalue weighted by molar-refractivity contribution is -0.137. The van der Waals surface area contributed by atoms with E-state index >= 15 is 0 Å². The minimum Gasteiger partial charge on any atom is -0.481 e. The van der Waals surface area contributed by atoms with E-state index in [0.29, 0.717) is 0 Å². The van der Waals surface area contributed by atoms with Gasteiger partial charge in [0.1, 0.15) is 0 Å². The second-order valence-corrected chi connectivity index (χ2v) is 4.38. The Morgan fingerprint density at radius 3 is 2.93 bits per heavy atom. The van der Waals surface area contributed by atoms with Gasteiger partial charge in [-0.3, -0.25) is 4.79 Å². The summed E-state index contributed by atoms with van der Waals surface area (Å²) >= 11 is 0. The van der Waals surface area contributed by atoms with Crippen molar-refractivity contribution >= 4 is 5.97 Å². The van der Waals surface area contributed by atoms with Gasteiger partial charge in [0, 0.05) is 13.1 Å². The van der Waals surface area contributed by atoms with Crippen LogP contribution in [0.5, 0.6) is 0 Å². The number of rotatable bonds is 5. The average molecular weight is 199 g/mol. The summed E-state index contributed by atoms with van der Waals surface area (Å²) in [5.74, 6) is 0.885. The second kappa shape index (κ2) is 5.35. The van der Waals surface area contributed by atoms with E-state index in [1.807, 2.05) is 0 Å². The van der Waals surface area contributed by atoms with E-state index in [1.54, 1.807) is 0 Å². The van der Waals surface area contributed by atoms with Crippen LogP contribution < -0.4 is 0 Å². The molecule has 0 aliphatic carbocycles. The molecule has 0 bridgehead atoms. The lowest BCUT2D eigenvalue weighted by Crippen LogP contribution is -2.25. The molecule has 0 aromatic carbocycles. The molecule has 3 heteroatoms. The molecule has 1 aliphatic heterocycles. The number of likely N-dealkylation sites (tertiary alicyclic amines) is 1. The van der Waals surface area contributed by atoms with E-state index < -0.39 is 5.97 Å². The summed E-state index contributed by atoms with van der Waals surface area (Å²) in [5.41, 5.74) is 0. The molecule has 14 heavy (non-hydrogen) atoms. The fourth-order valence-electron chi connectivity index (χ4n) is 2.12. The molecule has 1 rings (SSSR count). The van der Waals surface area contributed by atoms with Crippen LogP contribution in [0.3, 0.4) is 0 Å². The quantitative estimate of drug-likeness (QED) is 0.734. The van der Waals surface area contributed by atoms with E-state index in [9.17, 15) is 4.79 Å². The predicted octanol–water partition coefficient (Wildman–Crippen LogP) is 1.83. The molecule has 0 amide bonds. The molecule has 0 aromatic rings. The third kappa shape index (κ3) is 3.29. The highest BCUT2D eigenvalue weighted by molar-refractivity contribution is 5.66. The number of nitrogens with zero attached hydrogens (tertiary/aromatic N) is 1. The number of carboxylic acids is 1. The van der Waals surface area contributed by atoms with Gasteiger partial charge in [0.05, 0.1) is 6.42 Å². The van der Waals surface area contributed by atoms with Gasteiger partial charge in [-0.1, -0.05) is 20.3 Å². The summed E-state index contributed by atoms with van der Waals surface area (Å²) in [7, 11) is 0. The number of hydrogen-bond acceptors (Lipinski definition) is 2. The molecule has 1 aliphatic rings. The van der Waals surface area contributed by atoms with Gasteiger partial charge >= 0.3 is 5.97 Å². The second-order valence-electron chi connectivity index (χ2n) is 4.38. The number of hydrogen-bond donors (Lipinski definition) is 1. The summed E-state index contributed by atoms with van der Waals surface area (Å²) in [6.07, 6.45) is 2.76. The first kappa shape index (κ1) is 11.5. The van der Waals surface area contributed by atoms with Gasteiger partial charge < -0.3 is 10.0 Å². The van der Waals surface area contributed by atoms with Crippen molar-refractivity contribution in [2.75, 3.05) is 19.6 Å². The molecule has 1 heterocycles. The van der Waals surface area contributed by atoms with Crippen molar-refractivity contribution in [2.24, 2.45) is 11.8 Å². The Hall–Kier alpha value is -0.570. The Morgan fingerprint density at radius 2 is 2.36 bits per heavy atom. The summed E-state index contributed by atoms with van der Waals surface area (Å²) in [6, 6.07) is 0. The van der Waals surface area contributed by atoms with Gasteiger partial charge in [-0.15, -0.1) is 0 Å². The van der Waals surface area contributed by atoms with Crippen LogP contribution in [0.1, 0.15) is 33.1 Å². The number of carbonyl (C=O) groups is 1. The molecule has 3 nitrogen and oxygen atoms in total. The molecule has 0 radical (unpaired) electrons. The van der Waals surface area contributed by atoms with Crippen LogP contribution in [0, 0.1) is 11.8 Å². The zero-order chi connectivity index (χ0) is 10.6. The zero-order valence-corrected chi connectivity index (χ0v) is 9.20. The van der Waals surface area contributed by atoms with Crippen molar-refractivity contribution in [1.82, 2.24) is 4.90 Å². The Bertz CT molecular complexity index is 194. The lowest BCUT2D eigenvalue weighted by atomic mass is 9.91.